The van der Waals surface area contributed by atoms with E-state index in [1.807, 2.05) is 16.2 Å². The van der Waals surface area contributed by atoms with Crippen molar-refractivity contribution in [2.45, 2.75) is 25.3 Å². The van der Waals surface area contributed by atoms with Crippen molar-refractivity contribution in [2.24, 2.45) is 0 Å². The molecule has 1 aliphatic rings. The number of halogens is 1. The molecule has 0 atom stereocenters. The number of amides is 1. The Balaban J connectivity index is 1.63. The predicted octanol–water partition coefficient (Wildman–Crippen LogP) is 2.76. The van der Waals surface area contributed by atoms with E-state index < -0.39 is 12.9 Å². The van der Waals surface area contributed by atoms with Gasteiger partial charge in [0, 0.05) is 35.1 Å². The molecule has 0 radical (unpaired) electrons. The molecule has 0 spiro atoms. The fourth-order valence-electron chi connectivity index (χ4n) is 2.93. The molecular formula is C19H20ClN7O2. The fraction of sp³-hybridized carbons (Fsp3) is 0.316. The van der Waals surface area contributed by atoms with Gasteiger partial charge in [0.05, 0.1) is 42.8 Å². The van der Waals surface area contributed by atoms with Crippen LogP contribution in [0.5, 0.6) is 5.75 Å². The van der Waals surface area contributed by atoms with Gasteiger partial charge in [0.25, 0.3) is 0 Å². The molecule has 1 aliphatic carbocycles. The summed E-state index contributed by atoms with van der Waals surface area (Å²) in [6, 6.07) is 3.63. The van der Waals surface area contributed by atoms with Crippen LogP contribution in [0.1, 0.15) is 28.7 Å². The van der Waals surface area contributed by atoms with Gasteiger partial charge >= 0.3 is 0 Å². The summed E-state index contributed by atoms with van der Waals surface area (Å²) in [5.74, 6) is -0.256. The lowest BCUT2D eigenvalue weighted by Gasteiger charge is -2.15. The average molecular weight is 417 g/mol. The number of pyridine rings is 1. The molecule has 3 aromatic rings. The van der Waals surface area contributed by atoms with Gasteiger partial charge in [0.15, 0.2) is 10.9 Å². The zero-order chi connectivity index (χ0) is 22.9. The van der Waals surface area contributed by atoms with Gasteiger partial charge in [-0.15, -0.1) is 5.10 Å². The number of ether oxygens (including phenoxy) is 1. The van der Waals surface area contributed by atoms with Crippen molar-refractivity contribution < 1.29 is 13.6 Å². The summed E-state index contributed by atoms with van der Waals surface area (Å²) in [6.07, 6.45) is 7.21. The second-order valence-corrected chi connectivity index (χ2v) is 6.95. The van der Waals surface area contributed by atoms with Crippen molar-refractivity contribution in [3.63, 3.8) is 0 Å². The quantitative estimate of drug-likeness (QED) is 0.609. The van der Waals surface area contributed by atoms with Gasteiger partial charge in [-0.1, -0.05) is 11.6 Å². The molecular weight excluding hydrogens is 394 g/mol. The summed E-state index contributed by atoms with van der Waals surface area (Å²) in [5, 5.41) is 17.3. The first-order valence-corrected chi connectivity index (χ1v) is 9.29. The molecule has 1 fully saturated rings. The molecule has 3 aromatic heterocycles. The summed E-state index contributed by atoms with van der Waals surface area (Å²) in [6.45, 7) is -2.60. The Kier molecular flexibility index (Phi) is 4.35. The summed E-state index contributed by atoms with van der Waals surface area (Å²) < 4.78 is 29.1. The Morgan fingerprint density at radius 3 is 3.03 bits per heavy atom. The van der Waals surface area contributed by atoms with Crippen molar-refractivity contribution in [1.82, 2.24) is 30.3 Å². The van der Waals surface area contributed by atoms with Crippen molar-refractivity contribution in [1.29, 1.82) is 0 Å². The van der Waals surface area contributed by atoms with Gasteiger partial charge < -0.3 is 15.4 Å². The first kappa shape index (κ1) is 15.7. The number of hydrogen-bond donors (Lipinski definition) is 2. The number of hydrogen-bond acceptors (Lipinski definition) is 7. The summed E-state index contributed by atoms with van der Waals surface area (Å²) >= 11 is 6.01. The lowest BCUT2D eigenvalue weighted by Crippen LogP contribution is -2.21. The normalized spacial score (nSPS) is 15.2. The average Bonchev–Trinajstić information content (AvgIpc) is 3.45. The SMILES string of the molecule is [2H]C([2H])([2H])NC(=O)Cc1nnc(Cl)cc1Nc1ccnc(-c2cnn(C3CC3)c2)c1OC. The van der Waals surface area contributed by atoms with Gasteiger partial charge in [-0.05, 0) is 18.9 Å². The molecule has 1 saturated carbocycles. The standard InChI is InChI=1S/C19H20ClN7O2/c1-21-17(28)8-15-14(7-16(20)26-25-15)24-13-5-6-22-18(19(13)29-2)11-9-23-27(10-11)12-3-4-12/h5-7,9-10,12H,3-4,8H2,1-2H3,(H,21,28)(H,22,24,26)/i1D3. The zero-order valence-corrected chi connectivity index (χ0v) is 16.3. The third-order valence-corrected chi connectivity index (χ3v) is 4.67. The van der Waals surface area contributed by atoms with E-state index in [-0.39, 0.29) is 17.3 Å². The second-order valence-electron chi connectivity index (χ2n) is 6.56. The summed E-state index contributed by atoms with van der Waals surface area (Å²) in [5.41, 5.74) is 2.56. The van der Waals surface area contributed by atoms with Gasteiger partial charge in [0.1, 0.15) is 5.69 Å². The van der Waals surface area contributed by atoms with Gasteiger partial charge in [-0.25, -0.2) is 0 Å². The lowest BCUT2D eigenvalue weighted by atomic mass is 10.1. The highest BCUT2D eigenvalue weighted by atomic mass is 35.5. The number of carbonyl (C=O) groups excluding carboxylic acids is 1. The molecule has 0 saturated heterocycles. The highest BCUT2D eigenvalue weighted by molar-refractivity contribution is 6.29. The number of anilines is 2. The minimum Gasteiger partial charge on any atom is -0.492 e. The number of aromatic nitrogens is 5. The highest BCUT2D eigenvalue weighted by Gasteiger charge is 2.25. The Morgan fingerprint density at radius 2 is 2.28 bits per heavy atom. The minimum absolute atomic E-state index is 0.103. The molecule has 0 bridgehead atoms. The molecule has 1 amide bonds. The van der Waals surface area contributed by atoms with Crippen LogP contribution in [-0.2, 0) is 11.2 Å². The molecule has 4 rings (SSSR count). The number of carbonyl (C=O) groups is 1. The van der Waals surface area contributed by atoms with E-state index in [0.717, 1.165) is 18.4 Å². The van der Waals surface area contributed by atoms with E-state index in [1.54, 1.807) is 18.5 Å². The molecule has 10 heteroatoms. The van der Waals surface area contributed by atoms with Crippen LogP contribution < -0.4 is 15.4 Å². The number of nitrogens with one attached hydrogen (secondary N) is 2. The van der Waals surface area contributed by atoms with Crippen LogP contribution in [0.15, 0.2) is 30.7 Å². The second kappa shape index (κ2) is 8.04. The van der Waals surface area contributed by atoms with E-state index in [2.05, 4.69) is 25.6 Å². The first-order valence-electron chi connectivity index (χ1n) is 10.4. The number of methoxy groups -OCH3 is 1. The molecule has 150 valence electrons. The zero-order valence-electron chi connectivity index (χ0n) is 18.5. The lowest BCUT2D eigenvalue weighted by molar-refractivity contribution is -0.120. The van der Waals surface area contributed by atoms with Crippen LogP contribution in [0, 0.1) is 0 Å². The Bertz CT molecular complexity index is 1150. The van der Waals surface area contributed by atoms with E-state index >= 15 is 0 Å². The third kappa shape index (κ3) is 4.14. The van der Waals surface area contributed by atoms with Crippen molar-refractivity contribution in [2.75, 3.05) is 19.4 Å². The van der Waals surface area contributed by atoms with Gasteiger partial charge in [-0.3, -0.25) is 14.5 Å². The number of likely N-dealkylation sites (N-methyl/N-ethyl adjacent to an activating group) is 1. The minimum atomic E-state index is -2.60. The fourth-order valence-corrected chi connectivity index (χ4v) is 3.08. The van der Waals surface area contributed by atoms with Crippen LogP contribution in [0.2, 0.25) is 5.15 Å². The molecule has 0 aromatic carbocycles. The first-order chi connectivity index (χ1) is 15.2. The molecule has 0 aliphatic heterocycles. The number of rotatable bonds is 7. The maximum atomic E-state index is 12.1. The van der Waals surface area contributed by atoms with Crippen molar-refractivity contribution in [3.05, 3.63) is 41.6 Å². The van der Waals surface area contributed by atoms with Crippen LogP contribution in [0.25, 0.3) is 11.3 Å². The Labute approximate surface area is 176 Å². The van der Waals surface area contributed by atoms with Crippen LogP contribution in [0.4, 0.5) is 11.4 Å². The number of nitrogens with zero attached hydrogens (tertiary/aromatic N) is 5. The van der Waals surface area contributed by atoms with Gasteiger partial charge in [-0.2, -0.15) is 10.2 Å². The van der Waals surface area contributed by atoms with E-state index in [0.29, 0.717) is 28.9 Å². The molecule has 3 heterocycles. The van der Waals surface area contributed by atoms with Crippen molar-refractivity contribution >= 4 is 28.9 Å². The Hall–Kier alpha value is -3.20. The van der Waals surface area contributed by atoms with E-state index in [4.69, 9.17) is 20.5 Å². The van der Waals surface area contributed by atoms with Gasteiger partial charge in [0.2, 0.25) is 5.91 Å². The van der Waals surface area contributed by atoms with Crippen LogP contribution in [-0.4, -0.2) is 45.0 Å². The summed E-state index contributed by atoms with van der Waals surface area (Å²) in [7, 11) is 1.53. The molecule has 0 unspecified atom stereocenters. The predicted molar refractivity (Wildman–Crippen MR) is 108 cm³/mol. The van der Waals surface area contributed by atoms with Crippen molar-refractivity contribution in [3.8, 4) is 17.0 Å². The molecule has 2 N–H and O–H groups in total. The maximum Gasteiger partial charge on any atom is 0.225 e. The van der Waals surface area contributed by atoms with E-state index in [1.165, 1.54) is 13.2 Å². The Morgan fingerprint density at radius 1 is 1.41 bits per heavy atom. The summed E-state index contributed by atoms with van der Waals surface area (Å²) in [4.78, 5) is 16.5. The smallest absolute Gasteiger partial charge is 0.225 e. The molecule has 9 nitrogen and oxygen atoms in total. The topological polar surface area (TPSA) is 107 Å². The molecule has 29 heavy (non-hydrogen) atoms. The van der Waals surface area contributed by atoms with E-state index in [9.17, 15) is 4.79 Å². The van der Waals surface area contributed by atoms with Crippen LogP contribution in [0.3, 0.4) is 0 Å². The van der Waals surface area contributed by atoms with Crippen LogP contribution >= 0.6 is 11.6 Å². The largest absolute Gasteiger partial charge is 0.492 e. The highest BCUT2D eigenvalue weighted by Crippen LogP contribution is 2.39. The third-order valence-electron chi connectivity index (χ3n) is 4.48. The maximum absolute atomic E-state index is 12.1. The monoisotopic (exact) mass is 416 g/mol.